The summed E-state index contributed by atoms with van der Waals surface area (Å²) in [6, 6.07) is 7.08. The van der Waals surface area contributed by atoms with Gasteiger partial charge in [0.25, 0.3) is 0 Å². The normalized spacial score (nSPS) is 24.2. The van der Waals surface area contributed by atoms with Crippen LogP contribution in [0.1, 0.15) is 38.3 Å². The van der Waals surface area contributed by atoms with E-state index in [1.54, 1.807) is 23.9 Å². The number of nitrogens with zero attached hydrogens (tertiary/aromatic N) is 1. The first kappa shape index (κ1) is 14.3. The molecule has 2 unspecified atom stereocenters. The van der Waals surface area contributed by atoms with Crippen LogP contribution in [0.15, 0.2) is 24.3 Å². The van der Waals surface area contributed by atoms with E-state index in [2.05, 4.69) is 0 Å². The highest BCUT2D eigenvalue weighted by Gasteiger charge is 2.40. The summed E-state index contributed by atoms with van der Waals surface area (Å²) in [5, 5.41) is 9.32. The summed E-state index contributed by atoms with van der Waals surface area (Å²) in [4.78, 5) is 14.4. The first-order valence-electron chi connectivity index (χ1n) is 6.64. The van der Waals surface area contributed by atoms with Gasteiger partial charge < -0.3 is 10.0 Å². The first-order chi connectivity index (χ1) is 8.94. The minimum Gasteiger partial charge on any atom is -0.508 e. The minimum absolute atomic E-state index is 0.0196. The summed E-state index contributed by atoms with van der Waals surface area (Å²) in [5.41, 5.74) is 1.04. The number of aromatic hydroxyl groups is 1. The van der Waals surface area contributed by atoms with Crippen molar-refractivity contribution in [2.75, 3.05) is 12.8 Å². The molecule has 0 bridgehead atoms. The molecule has 0 radical (unpaired) electrons. The van der Waals surface area contributed by atoms with Gasteiger partial charge in [-0.25, -0.2) is 0 Å². The van der Waals surface area contributed by atoms with Crippen LogP contribution < -0.4 is 0 Å². The van der Waals surface area contributed by atoms with Crippen LogP contribution in [0.4, 0.5) is 0 Å². The molecule has 1 aromatic carbocycles. The Balaban J connectivity index is 2.12. The quantitative estimate of drug-likeness (QED) is 0.923. The molecule has 19 heavy (non-hydrogen) atoms. The maximum Gasteiger partial charge on any atom is 0.238 e. The lowest BCUT2D eigenvalue weighted by Crippen LogP contribution is -2.42. The van der Waals surface area contributed by atoms with Gasteiger partial charge in [0.2, 0.25) is 5.91 Å². The second-order valence-electron chi connectivity index (χ2n) is 5.37. The van der Waals surface area contributed by atoms with Gasteiger partial charge in [-0.1, -0.05) is 12.1 Å². The molecule has 1 aliphatic rings. The molecular weight excluding hydrogens is 258 g/mol. The van der Waals surface area contributed by atoms with Crippen molar-refractivity contribution in [2.45, 2.75) is 37.5 Å². The van der Waals surface area contributed by atoms with E-state index in [0.29, 0.717) is 0 Å². The van der Waals surface area contributed by atoms with E-state index in [1.807, 2.05) is 37.9 Å². The Morgan fingerprint density at radius 3 is 2.58 bits per heavy atom. The van der Waals surface area contributed by atoms with Gasteiger partial charge in [0.1, 0.15) is 5.75 Å². The lowest BCUT2D eigenvalue weighted by molar-refractivity contribution is -0.134. The van der Waals surface area contributed by atoms with Gasteiger partial charge in [-0.15, -0.1) is 11.8 Å². The van der Waals surface area contributed by atoms with Crippen LogP contribution in [0.5, 0.6) is 5.75 Å². The van der Waals surface area contributed by atoms with E-state index in [0.717, 1.165) is 24.2 Å². The van der Waals surface area contributed by atoms with Crippen LogP contribution in [0.2, 0.25) is 0 Å². The molecular formula is C15H21NO2S. The lowest BCUT2D eigenvalue weighted by atomic mass is 10.0. The molecule has 0 saturated carbocycles. The van der Waals surface area contributed by atoms with Crippen LogP contribution in [-0.2, 0) is 4.79 Å². The number of benzene rings is 1. The maximum atomic E-state index is 12.6. The highest BCUT2D eigenvalue weighted by atomic mass is 32.2. The van der Waals surface area contributed by atoms with E-state index >= 15 is 0 Å². The summed E-state index contributed by atoms with van der Waals surface area (Å²) in [6.07, 6.45) is 2.08. The number of hydrogen-bond acceptors (Lipinski definition) is 3. The molecule has 2 rings (SSSR count). The summed E-state index contributed by atoms with van der Waals surface area (Å²) in [5.74, 6) is 1.53. The average Bonchev–Trinajstić information content (AvgIpc) is 2.85. The molecule has 1 heterocycles. The molecule has 4 heteroatoms. The molecule has 1 aromatic rings. The van der Waals surface area contributed by atoms with Crippen molar-refractivity contribution in [3.05, 3.63) is 29.8 Å². The zero-order valence-electron chi connectivity index (χ0n) is 11.7. The molecule has 1 amide bonds. The lowest BCUT2D eigenvalue weighted by Gasteiger charge is -2.32. The molecule has 1 aliphatic heterocycles. The predicted octanol–water partition coefficient (Wildman–Crippen LogP) is 3.20. The highest BCUT2D eigenvalue weighted by molar-refractivity contribution is 8.01. The number of hydrogen-bond donors (Lipinski definition) is 1. The summed E-state index contributed by atoms with van der Waals surface area (Å²) >= 11 is 1.76. The monoisotopic (exact) mass is 279 g/mol. The van der Waals surface area contributed by atoms with E-state index in [1.165, 1.54) is 0 Å². The van der Waals surface area contributed by atoms with Gasteiger partial charge in [0, 0.05) is 7.05 Å². The van der Waals surface area contributed by atoms with Crippen molar-refractivity contribution < 1.29 is 9.90 Å². The van der Waals surface area contributed by atoms with Crippen molar-refractivity contribution >= 4 is 17.7 Å². The molecule has 0 spiro atoms. The fraction of sp³-hybridized carbons (Fsp3) is 0.533. The van der Waals surface area contributed by atoms with Gasteiger partial charge in [0.15, 0.2) is 0 Å². The Labute approximate surface area is 119 Å². The second kappa shape index (κ2) is 5.45. The summed E-state index contributed by atoms with van der Waals surface area (Å²) in [7, 11) is 1.87. The molecule has 1 fully saturated rings. The van der Waals surface area contributed by atoms with Gasteiger partial charge in [-0.05, 0) is 50.1 Å². The average molecular weight is 279 g/mol. The number of thioether (sulfide) groups is 1. The van der Waals surface area contributed by atoms with E-state index in [4.69, 9.17) is 0 Å². The van der Waals surface area contributed by atoms with Crippen molar-refractivity contribution in [1.29, 1.82) is 0 Å². The first-order valence-corrected chi connectivity index (χ1v) is 7.63. The van der Waals surface area contributed by atoms with Crippen molar-refractivity contribution in [3.63, 3.8) is 0 Å². The smallest absolute Gasteiger partial charge is 0.238 e. The zero-order chi connectivity index (χ0) is 14.0. The number of carbonyl (C=O) groups excluding carboxylic acids is 1. The maximum absolute atomic E-state index is 12.6. The third-order valence-corrected chi connectivity index (χ3v) is 5.46. The highest BCUT2D eigenvalue weighted by Crippen LogP contribution is 2.40. The van der Waals surface area contributed by atoms with E-state index in [9.17, 15) is 9.90 Å². The van der Waals surface area contributed by atoms with Gasteiger partial charge in [-0.2, -0.15) is 0 Å². The van der Waals surface area contributed by atoms with Crippen LogP contribution in [0.3, 0.4) is 0 Å². The second-order valence-corrected chi connectivity index (χ2v) is 6.96. The number of phenols is 1. The number of rotatable bonds is 3. The van der Waals surface area contributed by atoms with Crippen molar-refractivity contribution in [2.24, 2.45) is 0 Å². The number of amides is 1. The van der Waals surface area contributed by atoms with Crippen LogP contribution in [-0.4, -0.2) is 33.5 Å². The summed E-state index contributed by atoms with van der Waals surface area (Å²) < 4.78 is -0.264. The third kappa shape index (κ3) is 2.89. The Bertz CT molecular complexity index is 452. The molecule has 3 nitrogen and oxygen atoms in total. The summed E-state index contributed by atoms with van der Waals surface area (Å²) in [6.45, 7) is 4.07. The SMILES string of the molecule is CC(c1ccc(O)cc1)N(C)C(=O)C1(C)CCCS1. The Morgan fingerprint density at radius 1 is 1.42 bits per heavy atom. The Kier molecular flexibility index (Phi) is 4.09. The van der Waals surface area contributed by atoms with Crippen molar-refractivity contribution in [1.82, 2.24) is 4.90 Å². The van der Waals surface area contributed by atoms with Crippen LogP contribution in [0, 0.1) is 0 Å². The van der Waals surface area contributed by atoms with Crippen molar-refractivity contribution in [3.8, 4) is 5.75 Å². The fourth-order valence-electron chi connectivity index (χ4n) is 2.47. The zero-order valence-corrected chi connectivity index (χ0v) is 12.5. The largest absolute Gasteiger partial charge is 0.508 e. The van der Waals surface area contributed by atoms with E-state index < -0.39 is 0 Å². The molecule has 0 aromatic heterocycles. The van der Waals surface area contributed by atoms with E-state index in [-0.39, 0.29) is 22.4 Å². The molecule has 104 valence electrons. The van der Waals surface area contributed by atoms with Gasteiger partial charge >= 0.3 is 0 Å². The number of carbonyl (C=O) groups is 1. The van der Waals surface area contributed by atoms with Crippen LogP contribution in [0.25, 0.3) is 0 Å². The predicted molar refractivity (Wildman–Crippen MR) is 79.4 cm³/mol. The molecule has 1 N–H and O–H groups in total. The fourth-order valence-corrected chi connectivity index (χ4v) is 3.77. The molecule has 1 saturated heterocycles. The Morgan fingerprint density at radius 2 is 2.05 bits per heavy atom. The number of phenolic OH excluding ortho intramolecular Hbond substituents is 1. The molecule has 2 atom stereocenters. The minimum atomic E-state index is -0.264. The van der Waals surface area contributed by atoms with Gasteiger partial charge in [-0.3, -0.25) is 4.79 Å². The van der Waals surface area contributed by atoms with Crippen LogP contribution >= 0.6 is 11.8 Å². The van der Waals surface area contributed by atoms with Gasteiger partial charge in [0.05, 0.1) is 10.8 Å². The Hall–Kier alpha value is -1.16. The molecule has 0 aliphatic carbocycles. The third-order valence-electron chi connectivity index (χ3n) is 3.95. The topological polar surface area (TPSA) is 40.5 Å². The standard InChI is InChI=1S/C15H21NO2S/c1-11(12-5-7-13(17)8-6-12)16(3)14(18)15(2)9-4-10-19-15/h5-8,11,17H,4,9-10H2,1-3H3.